The second-order valence-corrected chi connectivity index (χ2v) is 10.6. The fraction of sp³-hybridized carbons (Fsp3) is 0.407. The topological polar surface area (TPSA) is 25.2 Å². The maximum atomic E-state index is 9.81. The van der Waals surface area contributed by atoms with Gasteiger partial charge in [-0.3, -0.25) is 0 Å². The van der Waals surface area contributed by atoms with Crippen molar-refractivity contribution >= 4 is 56.4 Å². The number of aliphatic hydroxyl groups is 1. The van der Waals surface area contributed by atoms with Gasteiger partial charge in [0, 0.05) is 38.3 Å². The Balaban J connectivity index is 0.000000688. The number of hydrogen-bond donors (Lipinski definition) is 1. The first kappa shape index (κ1) is 29.9. The first-order valence-electron chi connectivity index (χ1n) is 11.3. The summed E-state index contributed by atoms with van der Waals surface area (Å²) in [7, 11) is 0. The van der Waals surface area contributed by atoms with E-state index >= 15 is 0 Å². The monoisotopic (exact) mass is 525 g/mol. The number of benzene rings is 1. The largest absolute Gasteiger partial charge is 0.392 e. The lowest BCUT2D eigenvalue weighted by Crippen LogP contribution is -2.04. The summed E-state index contributed by atoms with van der Waals surface area (Å²) >= 11 is 15.7. The highest BCUT2D eigenvalue weighted by Crippen LogP contribution is 2.34. The Kier molecular flexibility index (Phi) is 14.2. The maximum Gasteiger partial charge on any atom is 0.0789 e. The van der Waals surface area contributed by atoms with Gasteiger partial charge < -0.3 is 9.67 Å². The predicted molar refractivity (Wildman–Crippen MR) is 153 cm³/mol. The summed E-state index contributed by atoms with van der Waals surface area (Å²) in [6, 6.07) is 6.04. The average Bonchev–Trinajstić information content (AvgIpc) is 3.27. The number of allylic oxidation sites excluding steroid dienone is 2. The van der Waals surface area contributed by atoms with Gasteiger partial charge in [-0.05, 0) is 67.3 Å². The van der Waals surface area contributed by atoms with Gasteiger partial charge in [-0.1, -0.05) is 62.5 Å². The number of nitrogens with zero attached hydrogens (tertiary/aromatic N) is 1. The lowest BCUT2D eigenvalue weighted by molar-refractivity contribution is 0.280. The molecule has 2 heterocycles. The molecular formula is C27H37Cl2NOS2. The highest BCUT2D eigenvalue weighted by atomic mass is 35.5. The quantitative estimate of drug-likeness (QED) is 0.245. The van der Waals surface area contributed by atoms with Crippen LogP contribution in [0.25, 0.3) is 10.1 Å². The Bertz CT molecular complexity index is 1050. The van der Waals surface area contributed by atoms with E-state index < -0.39 is 0 Å². The number of aromatic nitrogens is 1. The van der Waals surface area contributed by atoms with Crippen molar-refractivity contribution < 1.29 is 5.11 Å². The third-order valence-corrected chi connectivity index (χ3v) is 7.37. The molecule has 0 bridgehead atoms. The molecule has 33 heavy (non-hydrogen) atoms. The molecule has 0 saturated heterocycles. The summed E-state index contributed by atoms with van der Waals surface area (Å²) in [5.41, 5.74) is 4.52. The number of fused-ring (bicyclic) bond motifs is 1. The lowest BCUT2D eigenvalue weighted by Gasteiger charge is -2.11. The van der Waals surface area contributed by atoms with Gasteiger partial charge in [-0.25, -0.2) is 0 Å². The van der Waals surface area contributed by atoms with Crippen LogP contribution >= 0.6 is 46.3 Å². The van der Waals surface area contributed by atoms with Crippen molar-refractivity contribution in [2.75, 3.05) is 5.75 Å². The van der Waals surface area contributed by atoms with Crippen LogP contribution in [0.15, 0.2) is 52.4 Å². The minimum atomic E-state index is 0.0544. The predicted octanol–water partition coefficient (Wildman–Crippen LogP) is 9.75. The highest BCUT2D eigenvalue weighted by molar-refractivity contribution is 7.99. The van der Waals surface area contributed by atoms with E-state index in [0.717, 1.165) is 45.6 Å². The number of aliphatic hydroxyl groups excluding tert-OH is 1. The molecule has 2 aromatic heterocycles. The standard InChI is InChI=1S/C20H21Cl2NOS2.C4H8.C3H8/c1-12(21)6-7-25-20-13(2)18(10-24)14(3)23(20)9-15-11-26-19-5-4-16(22)8-17(15)19;1-3-4-2;1-3-2/h4-6,8,11,24H,7,9-10H2,1-3H3;3H,1,4H2,2H3;3H2,1-2H3/b12-6+;;. The first-order chi connectivity index (χ1) is 15.7. The molecular weight excluding hydrogens is 489 g/mol. The molecule has 0 fully saturated rings. The lowest BCUT2D eigenvalue weighted by atomic mass is 10.1. The van der Waals surface area contributed by atoms with Gasteiger partial charge in [0.05, 0.1) is 11.6 Å². The number of thiophene rings is 1. The maximum absolute atomic E-state index is 9.81. The van der Waals surface area contributed by atoms with E-state index in [1.807, 2.05) is 31.2 Å². The minimum absolute atomic E-state index is 0.0544. The first-order valence-corrected chi connectivity index (χ1v) is 13.9. The van der Waals surface area contributed by atoms with Crippen LogP contribution in [0.2, 0.25) is 5.02 Å². The van der Waals surface area contributed by atoms with Gasteiger partial charge in [0.1, 0.15) is 0 Å². The van der Waals surface area contributed by atoms with Gasteiger partial charge in [0.25, 0.3) is 0 Å². The summed E-state index contributed by atoms with van der Waals surface area (Å²) in [6.45, 7) is 16.7. The molecule has 0 spiro atoms. The fourth-order valence-electron chi connectivity index (χ4n) is 3.11. The zero-order valence-corrected chi connectivity index (χ0v) is 23.8. The van der Waals surface area contributed by atoms with Crippen LogP contribution in [0.1, 0.15) is 62.9 Å². The van der Waals surface area contributed by atoms with E-state index in [-0.39, 0.29) is 6.61 Å². The molecule has 1 N–H and O–H groups in total. The molecule has 2 nitrogen and oxygen atoms in total. The Morgan fingerprint density at radius 1 is 1.24 bits per heavy atom. The minimum Gasteiger partial charge on any atom is -0.392 e. The van der Waals surface area contributed by atoms with Crippen LogP contribution in [0.3, 0.4) is 0 Å². The SMILES string of the molecule is C/C(Cl)=C\CSc1c(C)c(CO)c(C)n1Cc1csc2ccc(Cl)cc12.C=CCC.CCC. The van der Waals surface area contributed by atoms with E-state index in [2.05, 4.69) is 57.2 Å². The molecule has 0 aliphatic heterocycles. The second-order valence-electron chi connectivity index (χ2n) is 7.65. The highest BCUT2D eigenvalue weighted by Gasteiger charge is 2.18. The van der Waals surface area contributed by atoms with Gasteiger partial charge in [0.2, 0.25) is 0 Å². The zero-order valence-electron chi connectivity index (χ0n) is 20.7. The molecule has 0 aliphatic carbocycles. The Hall–Kier alpha value is -1.17. The summed E-state index contributed by atoms with van der Waals surface area (Å²) in [4.78, 5) is 0. The number of halogens is 2. The molecule has 0 atom stereocenters. The number of hydrogen-bond acceptors (Lipinski definition) is 3. The molecule has 6 heteroatoms. The molecule has 0 amide bonds. The zero-order chi connectivity index (χ0) is 25.0. The van der Waals surface area contributed by atoms with Crippen molar-refractivity contribution in [3.8, 4) is 0 Å². The molecule has 3 rings (SSSR count). The van der Waals surface area contributed by atoms with Crippen LogP contribution in [-0.4, -0.2) is 15.4 Å². The third kappa shape index (κ3) is 8.84. The van der Waals surface area contributed by atoms with Gasteiger partial charge >= 0.3 is 0 Å². The van der Waals surface area contributed by atoms with E-state index in [1.165, 1.54) is 27.1 Å². The molecule has 1 aromatic carbocycles. The number of thioether (sulfide) groups is 1. The molecule has 0 aliphatic rings. The Morgan fingerprint density at radius 3 is 2.42 bits per heavy atom. The van der Waals surface area contributed by atoms with Crippen LogP contribution < -0.4 is 0 Å². The van der Waals surface area contributed by atoms with Gasteiger partial charge in [-0.2, -0.15) is 0 Å². The molecule has 182 valence electrons. The second kappa shape index (κ2) is 15.7. The molecule has 3 aromatic rings. The van der Waals surface area contributed by atoms with E-state index in [4.69, 9.17) is 23.2 Å². The number of rotatable bonds is 7. The normalized spacial score (nSPS) is 11.0. The van der Waals surface area contributed by atoms with Crippen molar-refractivity contribution in [2.45, 2.75) is 72.6 Å². The van der Waals surface area contributed by atoms with E-state index in [1.54, 1.807) is 23.1 Å². The molecule has 0 saturated carbocycles. The van der Waals surface area contributed by atoms with Crippen LogP contribution in [0.5, 0.6) is 0 Å². The van der Waals surface area contributed by atoms with Crippen LogP contribution in [0, 0.1) is 13.8 Å². The smallest absolute Gasteiger partial charge is 0.0789 e. The van der Waals surface area contributed by atoms with Crippen LogP contribution in [0.4, 0.5) is 0 Å². The summed E-state index contributed by atoms with van der Waals surface area (Å²) in [5, 5.41) is 15.9. The van der Waals surface area contributed by atoms with Gasteiger partial charge in [0.15, 0.2) is 0 Å². The van der Waals surface area contributed by atoms with Crippen LogP contribution in [-0.2, 0) is 13.2 Å². The Labute approximate surface area is 218 Å². The molecule has 0 unspecified atom stereocenters. The van der Waals surface area contributed by atoms with Crippen molar-refractivity contribution in [3.05, 3.63) is 74.7 Å². The summed E-state index contributed by atoms with van der Waals surface area (Å²) in [6.07, 6.45) is 6.22. The van der Waals surface area contributed by atoms with Crippen molar-refractivity contribution in [3.63, 3.8) is 0 Å². The van der Waals surface area contributed by atoms with E-state index in [9.17, 15) is 5.11 Å². The average molecular weight is 527 g/mol. The van der Waals surface area contributed by atoms with Gasteiger partial charge in [-0.15, -0.1) is 29.7 Å². The fourth-order valence-corrected chi connectivity index (χ4v) is 5.57. The third-order valence-electron chi connectivity index (χ3n) is 4.84. The van der Waals surface area contributed by atoms with Crippen molar-refractivity contribution in [2.24, 2.45) is 0 Å². The Morgan fingerprint density at radius 2 is 1.88 bits per heavy atom. The molecule has 0 radical (unpaired) electrons. The van der Waals surface area contributed by atoms with Crippen molar-refractivity contribution in [1.82, 2.24) is 4.57 Å². The van der Waals surface area contributed by atoms with Crippen molar-refractivity contribution in [1.29, 1.82) is 0 Å². The summed E-state index contributed by atoms with van der Waals surface area (Å²) < 4.78 is 3.54. The van der Waals surface area contributed by atoms with E-state index in [0.29, 0.717) is 0 Å². The summed E-state index contributed by atoms with van der Waals surface area (Å²) in [5.74, 6) is 0.806.